The molecule has 1 rings (SSSR count). The van der Waals surface area contributed by atoms with E-state index >= 15 is 0 Å². The zero-order valence-corrected chi connectivity index (χ0v) is 10.3. The van der Waals surface area contributed by atoms with E-state index in [0.29, 0.717) is 6.04 Å². The number of hydrogen-bond donors (Lipinski definition) is 1. The highest BCUT2D eigenvalue weighted by atomic mass is 15.3. The summed E-state index contributed by atoms with van der Waals surface area (Å²) >= 11 is 0. The summed E-state index contributed by atoms with van der Waals surface area (Å²) in [5, 5.41) is 7.69. The third-order valence-corrected chi connectivity index (χ3v) is 2.95. The molecule has 0 bridgehead atoms. The van der Waals surface area contributed by atoms with Crippen molar-refractivity contribution in [2.45, 2.75) is 46.1 Å². The molecular formula is C12H23N3. The van der Waals surface area contributed by atoms with E-state index in [9.17, 15) is 0 Å². The first-order valence-corrected chi connectivity index (χ1v) is 5.90. The van der Waals surface area contributed by atoms with E-state index in [1.54, 1.807) is 0 Å². The second kappa shape index (κ2) is 5.79. The van der Waals surface area contributed by atoms with E-state index in [4.69, 9.17) is 0 Å². The van der Waals surface area contributed by atoms with Crippen LogP contribution < -0.4 is 5.32 Å². The van der Waals surface area contributed by atoms with E-state index in [0.717, 1.165) is 11.6 Å². The summed E-state index contributed by atoms with van der Waals surface area (Å²) in [6.45, 7) is 6.80. The Hall–Kier alpha value is -0.990. The van der Waals surface area contributed by atoms with Gasteiger partial charge in [-0.15, -0.1) is 0 Å². The summed E-state index contributed by atoms with van der Waals surface area (Å²) in [6, 6.07) is 0.573. The monoisotopic (exact) mass is 209 g/mol. The van der Waals surface area contributed by atoms with Crippen LogP contribution in [0.15, 0.2) is 12.4 Å². The fourth-order valence-electron chi connectivity index (χ4n) is 1.71. The molecule has 0 fully saturated rings. The van der Waals surface area contributed by atoms with E-state index in [2.05, 4.69) is 31.2 Å². The van der Waals surface area contributed by atoms with E-state index in [-0.39, 0.29) is 0 Å². The Morgan fingerprint density at radius 3 is 2.60 bits per heavy atom. The number of nitrogens with zero attached hydrogens (tertiary/aromatic N) is 2. The standard InChI is InChI=1S/C12H23N3/c1-5-10(3)7-11(6-2)14-12-8-13-15(4)9-12/h8-11,14H,5-7H2,1-4H3/t10-,11-/m1/s1. The number of aryl methyl sites for hydroxylation is 1. The third-order valence-electron chi connectivity index (χ3n) is 2.95. The van der Waals surface area contributed by atoms with Gasteiger partial charge in [-0.3, -0.25) is 4.68 Å². The molecule has 1 heterocycles. The maximum absolute atomic E-state index is 4.16. The lowest BCUT2D eigenvalue weighted by molar-refractivity contribution is 0.462. The van der Waals surface area contributed by atoms with Gasteiger partial charge in [-0.25, -0.2) is 0 Å². The largest absolute Gasteiger partial charge is 0.380 e. The maximum atomic E-state index is 4.16. The first kappa shape index (κ1) is 12.1. The average molecular weight is 209 g/mol. The van der Waals surface area contributed by atoms with Crippen molar-refractivity contribution in [3.63, 3.8) is 0 Å². The Morgan fingerprint density at radius 2 is 2.13 bits per heavy atom. The molecule has 3 heteroatoms. The van der Waals surface area contributed by atoms with Crippen molar-refractivity contribution < 1.29 is 0 Å². The fourth-order valence-corrected chi connectivity index (χ4v) is 1.71. The summed E-state index contributed by atoms with van der Waals surface area (Å²) in [7, 11) is 1.95. The topological polar surface area (TPSA) is 29.9 Å². The molecule has 0 saturated heterocycles. The molecule has 1 N–H and O–H groups in total. The van der Waals surface area contributed by atoms with Gasteiger partial charge < -0.3 is 5.32 Å². The number of rotatable bonds is 6. The van der Waals surface area contributed by atoms with E-state index in [1.165, 1.54) is 19.3 Å². The van der Waals surface area contributed by atoms with Gasteiger partial charge in [0, 0.05) is 19.3 Å². The maximum Gasteiger partial charge on any atom is 0.0728 e. The van der Waals surface area contributed by atoms with Crippen molar-refractivity contribution in [1.29, 1.82) is 0 Å². The van der Waals surface area contributed by atoms with Crippen molar-refractivity contribution in [3.8, 4) is 0 Å². The van der Waals surface area contributed by atoms with Crippen LogP contribution in [0.2, 0.25) is 0 Å². The average Bonchev–Trinajstić information content (AvgIpc) is 2.62. The Balaban J connectivity index is 2.46. The molecule has 86 valence electrons. The molecule has 2 atom stereocenters. The number of hydrogen-bond acceptors (Lipinski definition) is 2. The molecule has 1 aromatic rings. The van der Waals surface area contributed by atoms with Crippen LogP contribution in [-0.2, 0) is 7.05 Å². The highest BCUT2D eigenvalue weighted by Crippen LogP contribution is 2.16. The van der Waals surface area contributed by atoms with Crippen molar-refractivity contribution in [1.82, 2.24) is 9.78 Å². The minimum Gasteiger partial charge on any atom is -0.380 e. The molecule has 0 aliphatic carbocycles. The fraction of sp³-hybridized carbons (Fsp3) is 0.750. The molecule has 0 saturated carbocycles. The number of aromatic nitrogens is 2. The second-order valence-corrected chi connectivity index (χ2v) is 4.40. The quantitative estimate of drug-likeness (QED) is 0.780. The van der Waals surface area contributed by atoms with Crippen LogP contribution in [0.25, 0.3) is 0 Å². The molecule has 0 amide bonds. The lowest BCUT2D eigenvalue weighted by Gasteiger charge is -2.20. The van der Waals surface area contributed by atoms with E-state index < -0.39 is 0 Å². The molecule has 0 aromatic carbocycles. The highest BCUT2D eigenvalue weighted by molar-refractivity contribution is 5.39. The zero-order valence-electron chi connectivity index (χ0n) is 10.3. The van der Waals surface area contributed by atoms with Gasteiger partial charge in [0.2, 0.25) is 0 Å². The van der Waals surface area contributed by atoms with E-state index in [1.807, 2.05) is 24.1 Å². The molecule has 0 aliphatic rings. The van der Waals surface area contributed by atoms with Crippen LogP contribution in [0.1, 0.15) is 40.0 Å². The third kappa shape index (κ3) is 3.94. The molecule has 0 aliphatic heterocycles. The Labute approximate surface area is 92.9 Å². The summed E-state index contributed by atoms with van der Waals surface area (Å²) in [6.07, 6.45) is 7.57. The Morgan fingerprint density at radius 1 is 1.40 bits per heavy atom. The highest BCUT2D eigenvalue weighted by Gasteiger charge is 2.10. The second-order valence-electron chi connectivity index (χ2n) is 4.40. The molecule has 15 heavy (non-hydrogen) atoms. The number of nitrogens with one attached hydrogen (secondary N) is 1. The van der Waals surface area contributed by atoms with Crippen LogP contribution in [0.3, 0.4) is 0 Å². The Kier molecular flexibility index (Phi) is 4.66. The lowest BCUT2D eigenvalue weighted by Crippen LogP contribution is -2.20. The van der Waals surface area contributed by atoms with Crippen molar-refractivity contribution in [2.75, 3.05) is 5.32 Å². The van der Waals surface area contributed by atoms with Gasteiger partial charge >= 0.3 is 0 Å². The lowest BCUT2D eigenvalue weighted by atomic mass is 9.98. The van der Waals surface area contributed by atoms with Gasteiger partial charge in [-0.05, 0) is 18.8 Å². The molecule has 0 spiro atoms. The SMILES string of the molecule is CC[C@@H](C)C[C@@H](CC)Nc1cnn(C)c1. The van der Waals surface area contributed by atoms with Crippen molar-refractivity contribution >= 4 is 5.69 Å². The molecule has 1 aromatic heterocycles. The summed E-state index contributed by atoms with van der Waals surface area (Å²) in [4.78, 5) is 0. The van der Waals surface area contributed by atoms with Gasteiger partial charge in [-0.2, -0.15) is 5.10 Å². The van der Waals surface area contributed by atoms with Crippen molar-refractivity contribution in [2.24, 2.45) is 13.0 Å². The van der Waals surface area contributed by atoms with Crippen LogP contribution in [0.5, 0.6) is 0 Å². The molecule has 3 nitrogen and oxygen atoms in total. The minimum absolute atomic E-state index is 0.573. The first-order chi connectivity index (χ1) is 7.15. The Bertz CT molecular complexity index is 280. The van der Waals surface area contributed by atoms with Gasteiger partial charge in [-0.1, -0.05) is 27.2 Å². The molecular weight excluding hydrogens is 186 g/mol. The predicted molar refractivity (Wildman–Crippen MR) is 65.0 cm³/mol. The normalized spacial score (nSPS) is 14.9. The van der Waals surface area contributed by atoms with Crippen LogP contribution >= 0.6 is 0 Å². The van der Waals surface area contributed by atoms with Gasteiger partial charge in [0.1, 0.15) is 0 Å². The number of anilines is 1. The van der Waals surface area contributed by atoms with Gasteiger partial charge in [0.25, 0.3) is 0 Å². The zero-order chi connectivity index (χ0) is 11.3. The molecule has 0 radical (unpaired) electrons. The predicted octanol–water partition coefficient (Wildman–Crippen LogP) is 3.05. The molecule has 0 unspecified atom stereocenters. The van der Waals surface area contributed by atoms with Crippen LogP contribution in [-0.4, -0.2) is 15.8 Å². The van der Waals surface area contributed by atoms with Crippen LogP contribution in [0, 0.1) is 5.92 Å². The summed E-state index contributed by atoms with van der Waals surface area (Å²) in [5.41, 5.74) is 1.13. The summed E-state index contributed by atoms with van der Waals surface area (Å²) < 4.78 is 1.83. The smallest absolute Gasteiger partial charge is 0.0728 e. The van der Waals surface area contributed by atoms with Gasteiger partial charge in [0.15, 0.2) is 0 Å². The summed E-state index contributed by atoms with van der Waals surface area (Å²) in [5.74, 6) is 0.791. The van der Waals surface area contributed by atoms with Gasteiger partial charge in [0.05, 0.1) is 11.9 Å². The first-order valence-electron chi connectivity index (χ1n) is 5.90. The van der Waals surface area contributed by atoms with Crippen LogP contribution in [0.4, 0.5) is 5.69 Å². The minimum atomic E-state index is 0.573. The van der Waals surface area contributed by atoms with Crippen molar-refractivity contribution in [3.05, 3.63) is 12.4 Å².